The quantitative estimate of drug-likeness (QED) is 0.516. The first-order chi connectivity index (χ1) is 12.7. The number of hydrogen-bond acceptors (Lipinski definition) is 1. The normalized spacial score (nSPS) is 16.9. The number of benzene rings is 2. The summed E-state index contributed by atoms with van der Waals surface area (Å²) in [5, 5.41) is 0. The van der Waals surface area contributed by atoms with Gasteiger partial charge in [0, 0.05) is 16.9 Å². The number of nitrogens with zero attached hydrogens (tertiary/aromatic N) is 1. The fourth-order valence-corrected chi connectivity index (χ4v) is 4.78. The van der Waals surface area contributed by atoms with Gasteiger partial charge in [0.25, 0.3) is 0 Å². The summed E-state index contributed by atoms with van der Waals surface area (Å²) < 4.78 is 0. The molecule has 2 aromatic carbocycles. The van der Waals surface area contributed by atoms with Gasteiger partial charge in [-0.1, -0.05) is 98.6 Å². The van der Waals surface area contributed by atoms with E-state index in [-0.39, 0.29) is 23.8 Å². The topological polar surface area (TPSA) is 3.24 Å². The minimum atomic E-state index is 0. The van der Waals surface area contributed by atoms with Crippen molar-refractivity contribution < 1.29 is 0 Å². The molecule has 154 valence electrons. The van der Waals surface area contributed by atoms with Crippen LogP contribution < -0.4 is 4.90 Å². The van der Waals surface area contributed by atoms with E-state index in [1.54, 1.807) is 0 Å². The molecule has 0 N–H and O–H groups in total. The molecule has 1 fully saturated rings. The lowest BCUT2D eigenvalue weighted by Crippen LogP contribution is -2.56. The van der Waals surface area contributed by atoms with E-state index in [1.807, 2.05) is 0 Å². The summed E-state index contributed by atoms with van der Waals surface area (Å²) in [6.45, 7) is 14.1. The molecule has 0 atom stereocenters. The smallest absolute Gasteiger partial charge is 0.0499 e. The third-order valence-corrected chi connectivity index (χ3v) is 6.51. The average Bonchev–Trinajstić information content (AvgIpc) is 2.62. The zero-order valence-corrected chi connectivity index (χ0v) is 18.2. The second-order valence-corrected chi connectivity index (χ2v) is 10.3. The maximum atomic E-state index is 2.67. The van der Waals surface area contributed by atoms with Crippen molar-refractivity contribution >= 4 is 11.4 Å². The van der Waals surface area contributed by atoms with Gasteiger partial charge in [-0.3, -0.25) is 0 Å². The molecular weight excluding hydrogens is 338 g/mol. The van der Waals surface area contributed by atoms with Gasteiger partial charge in [0.2, 0.25) is 0 Å². The monoisotopic (exact) mass is 379 g/mol. The molecule has 1 aliphatic rings. The third kappa shape index (κ3) is 4.29. The Hall–Kier alpha value is -1.76. The van der Waals surface area contributed by atoms with Crippen molar-refractivity contribution in [2.75, 3.05) is 4.90 Å². The highest BCUT2D eigenvalue weighted by Gasteiger charge is 2.47. The van der Waals surface area contributed by atoms with E-state index in [4.69, 9.17) is 0 Å². The van der Waals surface area contributed by atoms with Crippen molar-refractivity contribution in [1.29, 1.82) is 0 Å². The van der Waals surface area contributed by atoms with Crippen molar-refractivity contribution in [2.24, 2.45) is 5.41 Å². The molecule has 1 heteroatoms. The van der Waals surface area contributed by atoms with Crippen LogP contribution in [0.3, 0.4) is 0 Å². The van der Waals surface area contributed by atoms with Crippen LogP contribution in [-0.4, -0.2) is 5.54 Å². The van der Waals surface area contributed by atoms with Gasteiger partial charge in [0.1, 0.15) is 0 Å². The lowest BCUT2D eigenvalue weighted by Gasteiger charge is -2.55. The third-order valence-electron chi connectivity index (χ3n) is 6.51. The minimum Gasteiger partial charge on any atom is -0.335 e. The molecule has 0 saturated heterocycles. The van der Waals surface area contributed by atoms with Gasteiger partial charge in [-0.2, -0.15) is 0 Å². The minimum absolute atomic E-state index is 0. The van der Waals surface area contributed by atoms with E-state index in [1.165, 1.54) is 49.0 Å². The summed E-state index contributed by atoms with van der Waals surface area (Å²) in [6, 6.07) is 20.4. The summed E-state index contributed by atoms with van der Waals surface area (Å²) in [5.74, 6) is 0. The van der Waals surface area contributed by atoms with Crippen molar-refractivity contribution in [3.8, 4) is 0 Å². The average molecular weight is 380 g/mol. The van der Waals surface area contributed by atoms with Crippen LogP contribution in [0.2, 0.25) is 0 Å². The number of hydrogen-bond donors (Lipinski definition) is 0. The van der Waals surface area contributed by atoms with Gasteiger partial charge >= 0.3 is 0 Å². The Kier molecular flexibility index (Phi) is 6.69. The Morgan fingerprint density at radius 1 is 0.679 bits per heavy atom. The SMILES string of the molecule is C.CC(C)(C)c1ccc(N(c2ccccc2)C2(C(C)(C)C)CCCCC2)cc1. The van der Waals surface area contributed by atoms with E-state index in [9.17, 15) is 0 Å². The summed E-state index contributed by atoms with van der Waals surface area (Å²) in [7, 11) is 0. The van der Waals surface area contributed by atoms with Crippen LogP contribution in [0, 0.1) is 5.41 Å². The lowest BCUT2D eigenvalue weighted by atomic mass is 9.64. The van der Waals surface area contributed by atoms with Gasteiger partial charge in [-0.05, 0) is 53.5 Å². The van der Waals surface area contributed by atoms with Crippen LogP contribution in [0.1, 0.15) is 86.6 Å². The van der Waals surface area contributed by atoms with Crippen LogP contribution in [-0.2, 0) is 5.41 Å². The second kappa shape index (κ2) is 8.31. The Bertz CT molecular complexity index is 723. The molecule has 3 rings (SSSR count). The molecule has 0 spiro atoms. The maximum Gasteiger partial charge on any atom is 0.0499 e. The maximum absolute atomic E-state index is 2.67. The fourth-order valence-electron chi connectivity index (χ4n) is 4.78. The van der Waals surface area contributed by atoms with Crippen LogP contribution in [0.15, 0.2) is 54.6 Å². The van der Waals surface area contributed by atoms with Gasteiger partial charge in [0.05, 0.1) is 0 Å². The first-order valence-electron chi connectivity index (χ1n) is 10.6. The summed E-state index contributed by atoms with van der Waals surface area (Å²) >= 11 is 0. The van der Waals surface area contributed by atoms with Crippen LogP contribution in [0.25, 0.3) is 0 Å². The number of anilines is 2. The molecule has 0 unspecified atom stereocenters. The van der Waals surface area contributed by atoms with E-state index in [2.05, 4.69) is 101 Å². The zero-order chi connectivity index (χ0) is 19.7. The van der Waals surface area contributed by atoms with Gasteiger partial charge in [-0.25, -0.2) is 0 Å². The molecule has 1 aliphatic carbocycles. The Labute approximate surface area is 174 Å². The van der Waals surface area contributed by atoms with Crippen molar-refractivity contribution in [3.63, 3.8) is 0 Å². The Balaban J connectivity index is 0.00000280. The molecule has 28 heavy (non-hydrogen) atoms. The zero-order valence-electron chi connectivity index (χ0n) is 18.2. The van der Waals surface area contributed by atoms with Gasteiger partial charge < -0.3 is 4.90 Å². The summed E-state index contributed by atoms with van der Waals surface area (Å²) in [4.78, 5) is 2.67. The number of para-hydroxylation sites is 1. The molecule has 2 aromatic rings. The summed E-state index contributed by atoms with van der Waals surface area (Å²) in [6.07, 6.45) is 6.52. The van der Waals surface area contributed by atoms with Crippen molar-refractivity contribution in [1.82, 2.24) is 0 Å². The predicted molar refractivity (Wildman–Crippen MR) is 126 cm³/mol. The predicted octanol–water partition coefficient (Wildman–Crippen LogP) is 8.51. The highest BCUT2D eigenvalue weighted by molar-refractivity contribution is 5.67. The Morgan fingerprint density at radius 2 is 1.18 bits per heavy atom. The van der Waals surface area contributed by atoms with Crippen molar-refractivity contribution in [3.05, 3.63) is 60.2 Å². The molecule has 0 aliphatic heterocycles. The molecule has 0 radical (unpaired) electrons. The summed E-state index contributed by atoms with van der Waals surface area (Å²) in [5.41, 5.74) is 4.57. The van der Waals surface area contributed by atoms with Crippen LogP contribution in [0.4, 0.5) is 11.4 Å². The standard InChI is InChI=1S/C26H37N.CH4/c1-24(2,3)21-15-17-23(18-16-21)27(22-13-9-7-10-14-22)26(25(4,5)6)19-11-8-12-20-26;/h7,9-10,13-18H,8,11-12,19-20H2,1-6H3;1H4. The van der Waals surface area contributed by atoms with E-state index < -0.39 is 0 Å². The van der Waals surface area contributed by atoms with Crippen LogP contribution >= 0.6 is 0 Å². The molecule has 0 bridgehead atoms. The molecular formula is C27H41N. The highest BCUT2D eigenvalue weighted by atomic mass is 15.2. The van der Waals surface area contributed by atoms with E-state index in [0.29, 0.717) is 0 Å². The van der Waals surface area contributed by atoms with E-state index in [0.717, 1.165) is 0 Å². The fraction of sp³-hybridized carbons (Fsp3) is 0.556. The van der Waals surface area contributed by atoms with Crippen LogP contribution in [0.5, 0.6) is 0 Å². The Morgan fingerprint density at radius 3 is 1.64 bits per heavy atom. The highest BCUT2D eigenvalue weighted by Crippen LogP contribution is 2.51. The first-order valence-corrected chi connectivity index (χ1v) is 10.6. The van der Waals surface area contributed by atoms with Crippen molar-refractivity contribution in [2.45, 2.75) is 92.0 Å². The lowest BCUT2D eigenvalue weighted by molar-refractivity contribution is 0.132. The largest absolute Gasteiger partial charge is 0.335 e. The van der Waals surface area contributed by atoms with Gasteiger partial charge in [0.15, 0.2) is 0 Å². The molecule has 1 nitrogen and oxygen atoms in total. The molecule has 0 aromatic heterocycles. The number of rotatable bonds is 3. The first kappa shape index (κ1) is 22.5. The molecule has 1 saturated carbocycles. The second-order valence-electron chi connectivity index (χ2n) is 10.3. The molecule has 0 heterocycles. The van der Waals surface area contributed by atoms with Gasteiger partial charge in [-0.15, -0.1) is 0 Å². The molecule has 0 amide bonds. The van der Waals surface area contributed by atoms with E-state index >= 15 is 0 Å².